The topological polar surface area (TPSA) is 86.0 Å². The van der Waals surface area contributed by atoms with Crippen LogP contribution < -0.4 is 15.2 Å². The molecule has 0 unspecified atom stereocenters. The van der Waals surface area contributed by atoms with Crippen molar-refractivity contribution in [2.45, 2.75) is 33.2 Å². The number of ether oxygens (including phenoxy) is 2. The SMILES string of the molecule is CCOc1ccc([C@H](N)c2n[nH]c(CC)n2)cc1OCC. The zero-order valence-corrected chi connectivity index (χ0v) is 12.7. The van der Waals surface area contributed by atoms with Gasteiger partial charge in [0.25, 0.3) is 0 Å². The van der Waals surface area contributed by atoms with Crippen molar-refractivity contribution in [1.29, 1.82) is 0 Å². The number of H-pyrrole nitrogens is 1. The highest BCUT2D eigenvalue weighted by atomic mass is 16.5. The molecule has 1 aromatic carbocycles. The minimum atomic E-state index is -0.392. The second-order valence-corrected chi connectivity index (χ2v) is 4.54. The van der Waals surface area contributed by atoms with E-state index in [9.17, 15) is 0 Å². The van der Waals surface area contributed by atoms with Crippen LogP contribution in [0.1, 0.15) is 44.0 Å². The number of nitrogens with one attached hydrogen (secondary N) is 1. The lowest BCUT2D eigenvalue weighted by molar-refractivity contribution is 0.287. The summed E-state index contributed by atoms with van der Waals surface area (Å²) in [7, 11) is 0. The van der Waals surface area contributed by atoms with Crippen LogP contribution in [0.25, 0.3) is 0 Å². The second-order valence-electron chi connectivity index (χ2n) is 4.54. The Morgan fingerprint density at radius 3 is 2.48 bits per heavy atom. The zero-order valence-electron chi connectivity index (χ0n) is 12.7. The minimum absolute atomic E-state index is 0.392. The Morgan fingerprint density at radius 1 is 1.14 bits per heavy atom. The molecule has 0 aliphatic heterocycles. The van der Waals surface area contributed by atoms with Gasteiger partial charge in [-0.2, -0.15) is 5.10 Å². The third-order valence-corrected chi connectivity index (χ3v) is 3.09. The fourth-order valence-corrected chi connectivity index (χ4v) is 2.02. The van der Waals surface area contributed by atoms with E-state index in [4.69, 9.17) is 15.2 Å². The van der Waals surface area contributed by atoms with Crippen molar-refractivity contribution in [3.63, 3.8) is 0 Å². The number of aromatic amines is 1. The highest BCUT2D eigenvalue weighted by Crippen LogP contribution is 2.31. The molecule has 0 fully saturated rings. The summed E-state index contributed by atoms with van der Waals surface area (Å²) in [5, 5.41) is 7.05. The van der Waals surface area contributed by atoms with Gasteiger partial charge < -0.3 is 15.2 Å². The van der Waals surface area contributed by atoms with Crippen LogP contribution in [-0.2, 0) is 6.42 Å². The molecule has 0 amide bonds. The largest absolute Gasteiger partial charge is 0.490 e. The third-order valence-electron chi connectivity index (χ3n) is 3.09. The molecule has 0 bridgehead atoms. The molecule has 0 aliphatic rings. The first kappa shape index (κ1) is 15.3. The standard InChI is InChI=1S/C15H22N4O2/c1-4-13-17-15(19-18-13)14(16)10-7-8-11(20-5-2)12(9-10)21-6-3/h7-9,14H,4-6,16H2,1-3H3,(H,17,18,19)/t14-/m0/s1. The highest BCUT2D eigenvalue weighted by molar-refractivity contribution is 5.44. The van der Waals surface area contributed by atoms with Crippen LogP contribution in [0.4, 0.5) is 0 Å². The number of aromatic nitrogens is 3. The molecule has 0 saturated carbocycles. The normalized spacial score (nSPS) is 12.2. The van der Waals surface area contributed by atoms with Gasteiger partial charge in [0, 0.05) is 6.42 Å². The Labute approximate surface area is 124 Å². The first-order valence-electron chi connectivity index (χ1n) is 7.25. The number of hydrogen-bond donors (Lipinski definition) is 2. The zero-order chi connectivity index (χ0) is 15.2. The maximum Gasteiger partial charge on any atom is 0.171 e. The number of nitrogens with zero attached hydrogens (tertiary/aromatic N) is 2. The fraction of sp³-hybridized carbons (Fsp3) is 0.467. The lowest BCUT2D eigenvalue weighted by Crippen LogP contribution is -2.14. The second kappa shape index (κ2) is 7.08. The maximum atomic E-state index is 6.23. The van der Waals surface area contributed by atoms with Crippen LogP contribution >= 0.6 is 0 Å². The van der Waals surface area contributed by atoms with Crippen molar-refractivity contribution in [3.8, 4) is 11.5 Å². The van der Waals surface area contributed by atoms with E-state index < -0.39 is 6.04 Å². The van der Waals surface area contributed by atoms with Crippen molar-refractivity contribution in [2.24, 2.45) is 5.73 Å². The lowest BCUT2D eigenvalue weighted by Gasteiger charge is -2.14. The molecule has 3 N–H and O–H groups in total. The van der Waals surface area contributed by atoms with Crippen molar-refractivity contribution in [2.75, 3.05) is 13.2 Å². The van der Waals surface area contributed by atoms with Gasteiger partial charge in [0.1, 0.15) is 5.82 Å². The molecule has 1 aromatic heterocycles. The summed E-state index contributed by atoms with van der Waals surface area (Å²) in [5.74, 6) is 2.83. The number of benzene rings is 1. The summed E-state index contributed by atoms with van der Waals surface area (Å²) in [6.07, 6.45) is 0.799. The van der Waals surface area contributed by atoms with Crippen LogP contribution in [0, 0.1) is 0 Å². The van der Waals surface area contributed by atoms with E-state index in [0.29, 0.717) is 24.8 Å². The predicted octanol–water partition coefficient (Wildman–Crippen LogP) is 2.21. The molecule has 114 valence electrons. The van der Waals surface area contributed by atoms with E-state index in [1.165, 1.54) is 0 Å². The number of rotatable bonds is 7. The summed E-state index contributed by atoms with van der Waals surface area (Å²) in [4.78, 5) is 4.38. The number of nitrogens with two attached hydrogens (primary N) is 1. The van der Waals surface area contributed by atoms with Crippen LogP contribution in [-0.4, -0.2) is 28.4 Å². The molecule has 6 heteroatoms. The van der Waals surface area contributed by atoms with Crippen LogP contribution in [0.15, 0.2) is 18.2 Å². The Balaban J connectivity index is 2.27. The van der Waals surface area contributed by atoms with Gasteiger partial charge in [-0.05, 0) is 31.5 Å². The van der Waals surface area contributed by atoms with E-state index in [-0.39, 0.29) is 0 Å². The Morgan fingerprint density at radius 2 is 1.86 bits per heavy atom. The van der Waals surface area contributed by atoms with Crippen LogP contribution in [0.3, 0.4) is 0 Å². The Kier molecular flexibility index (Phi) is 5.16. The summed E-state index contributed by atoms with van der Waals surface area (Å²) in [6.45, 7) is 7.05. The summed E-state index contributed by atoms with van der Waals surface area (Å²) in [6, 6.07) is 5.29. The van der Waals surface area contributed by atoms with Gasteiger partial charge in [-0.1, -0.05) is 13.0 Å². The molecule has 0 saturated heterocycles. The van der Waals surface area contributed by atoms with E-state index in [1.54, 1.807) is 0 Å². The molecular weight excluding hydrogens is 268 g/mol. The van der Waals surface area contributed by atoms with E-state index in [1.807, 2.05) is 39.0 Å². The summed E-state index contributed by atoms with van der Waals surface area (Å²) < 4.78 is 11.2. The quantitative estimate of drug-likeness (QED) is 0.816. The van der Waals surface area contributed by atoms with Gasteiger partial charge in [-0.25, -0.2) is 4.98 Å². The van der Waals surface area contributed by atoms with Crippen molar-refractivity contribution in [3.05, 3.63) is 35.4 Å². The van der Waals surface area contributed by atoms with Gasteiger partial charge in [0.05, 0.1) is 19.3 Å². The van der Waals surface area contributed by atoms with Gasteiger partial charge >= 0.3 is 0 Å². The first-order valence-corrected chi connectivity index (χ1v) is 7.25. The van der Waals surface area contributed by atoms with Crippen molar-refractivity contribution >= 4 is 0 Å². The smallest absolute Gasteiger partial charge is 0.171 e. The van der Waals surface area contributed by atoms with Crippen molar-refractivity contribution < 1.29 is 9.47 Å². The number of hydrogen-bond acceptors (Lipinski definition) is 5. The molecule has 1 atom stereocenters. The predicted molar refractivity (Wildman–Crippen MR) is 80.6 cm³/mol. The molecule has 0 aliphatic carbocycles. The average molecular weight is 290 g/mol. The molecule has 0 spiro atoms. The van der Waals surface area contributed by atoms with E-state index in [2.05, 4.69) is 15.2 Å². The Hall–Kier alpha value is -2.08. The highest BCUT2D eigenvalue weighted by Gasteiger charge is 2.16. The summed E-state index contributed by atoms with van der Waals surface area (Å²) in [5.41, 5.74) is 7.12. The first-order chi connectivity index (χ1) is 10.2. The molecular formula is C15H22N4O2. The van der Waals surface area contributed by atoms with Crippen LogP contribution in [0.5, 0.6) is 11.5 Å². The average Bonchev–Trinajstić information content (AvgIpc) is 2.98. The van der Waals surface area contributed by atoms with Crippen LogP contribution in [0.2, 0.25) is 0 Å². The molecule has 2 aromatic rings. The lowest BCUT2D eigenvalue weighted by atomic mass is 10.1. The molecule has 6 nitrogen and oxygen atoms in total. The summed E-state index contributed by atoms with van der Waals surface area (Å²) >= 11 is 0. The van der Waals surface area contributed by atoms with Gasteiger partial charge in [0.15, 0.2) is 17.3 Å². The fourth-order valence-electron chi connectivity index (χ4n) is 2.02. The van der Waals surface area contributed by atoms with E-state index >= 15 is 0 Å². The molecule has 2 rings (SSSR count). The number of aryl methyl sites for hydroxylation is 1. The minimum Gasteiger partial charge on any atom is -0.490 e. The van der Waals surface area contributed by atoms with Gasteiger partial charge in [-0.15, -0.1) is 0 Å². The van der Waals surface area contributed by atoms with E-state index in [0.717, 1.165) is 23.6 Å². The molecule has 21 heavy (non-hydrogen) atoms. The Bertz CT molecular complexity index is 583. The molecule has 1 heterocycles. The maximum absolute atomic E-state index is 6.23. The molecule has 0 radical (unpaired) electrons. The van der Waals surface area contributed by atoms with Gasteiger partial charge in [0.2, 0.25) is 0 Å². The van der Waals surface area contributed by atoms with Crippen molar-refractivity contribution in [1.82, 2.24) is 15.2 Å². The third kappa shape index (κ3) is 3.52. The van der Waals surface area contributed by atoms with Gasteiger partial charge in [-0.3, -0.25) is 5.10 Å². The monoisotopic (exact) mass is 290 g/mol.